The van der Waals surface area contributed by atoms with Crippen LogP contribution in [0.25, 0.3) is 0 Å². The van der Waals surface area contributed by atoms with E-state index in [1.165, 1.54) is 0 Å². The molecule has 4 rings (SSSR count). The summed E-state index contributed by atoms with van der Waals surface area (Å²) < 4.78 is 10.7. The Morgan fingerprint density at radius 3 is 2.76 bits per heavy atom. The summed E-state index contributed by atoms with van der Waals surface area (Å²) >= 11 is 0. The molecule has 134 valence electrons. The minimum Gasteiger partial charge on any atom is -0.361 e. The number of hydrogen-bond donors (Lipinski definition) is 0. The third-order valence-corrected chi connectivity index (χ3v) is 5.46. The van der Waals surface area contributed by atoms with Gasteiger partial charge in [-0.2, -0.15) is 4.98 Å². The van der Waals surface area contributed by atoms with Crippen LogP contribution in [-0.4, -0.2) is 39.2 Å². The van der Waals surface area contributed by atoms with Crippen molar-refractivity contribution in [1.29, 1.82) is 0 Å². The van der Waals surface area contributed by atoms with Crippen LogP contribution in [0, 0.1) is 13.8 Å². The van der Waals surface area contributed by atoms with Gasteiger partial charge in [-0.15, -0.1) is 0 Å². The maximum Gasteiger partial charge on any atom is 0.234 e. The SMILES string of the molecule is Cc1noc(C)c1CC(=O)N1CCCC(C)(c2nc(C3CC3)no2)C1. The fourth-order valence-corrected chi connectivity index (χ4v) is 3.63. The lowest BCUT2D eigenvalue weighted by atomic mass is 9.81. The number of aromatic nitrogens is 3. The molecule has 0 spiro atoms. The Morgan fingerprint density at radius 1 is 1.28 bits per heavy atom. The van der Waals surface area contributed by atoms with E-state index in [0.29, 0.717) is 24.8 Å². The van der Waals surface area contributed by atoms with E-state index in [2.05, 4.69) is 22.2 Å². The second kappa shape index (κ2) is 5.97. The van der Waals surface area contributed by atoms with E-state index in [1.54, 1.807) is 0 Å². The normalized spacial score (nSPS) is 23.9. The van der Waals surface area contributed by atoms with Crippen LogP contribution < -0.4 is 0 Å². The first-order valence-electron chi connectivity index (χ1n) is 9.00. The number of carbonyl (C=O) groups excluding carboxylic acids is 1. The van der Waals surface area contributed by atoms with Gasteiger partial charge in [0.1, 0.15) is 5.76 Å². The highest BCUT2D eigenvalue weighted by atomic mass is 16.5. The molecule has 2 fully saturated rings. The second-order valence-corrected chi connectivity index (χ2v) is 7.69. The first kappa shape index (κ1) is 16.3. The second-order valence-electron chi connectivity index (χ2n) is 7.69. The van der Waals surface area contributed by atoms with Crippen molar-refractivity contribution in [3.8, 4) is 0 Å². The maximum absolute atomic E-state index is 12.8. The lowest BCUT2D eigenvalue weighted by Gasteiger charge is -2.38. The van der Waals surface area contributed by atoms with E-state index < -0.39 is 0 Å². The van der Waals surface area contributed by atoms with E-state index in [9.17, 15) is 4.79 Å². The number of hydrogen-bond acceptors (Lipinski definition) is 6. The first-order chi connectivity index (χ1) is 12.0. The van der Waals surface area contributed by atoms with Crippen LogP contribution in [0.5, 0.6) is 0 Å². The van der Waals surface area contributed by atoms with Crippen LogP contribution in [0.1, 0.15) is 67.3 Å². The topological polar surface area (TPSA) is 85.3 Å². The molecule has 7 nitrogen and oxygen atoms in total. The van der Waals surface area contributed by atoms with E-state index >= 15 is 0 Å². The van der Waals surface area contributed by atoms with Gasteiger partial charge in [0.05, 0.1) is 17.5 Å². The highest BCUT2D eigenvalue weighted by Gasteiger charge is 2.40. The zero-order chi connectivity index (χ0) is 17.6. The molecule has 1 atom stereocenters. The average Bonchev–Trinajstić information content (AvgIpc) is 3.24. The number of amides is 1. The highest BCUT2D eigenvalue weighted by Crippen LogP contribution is 2.40. The molecule has 2 aromatic rings. The summed E-state index contributed by atoms with van der Waals surface area (Å²) in [5, 5.41) is 8.08. The molecule has 0 aromatic carbocycles. The van der Waals surface area contributed by atoms with Crippen LogP contribution in [-0.2, 0) is 16.6 Å². The van der Waals surface area contributed by atoms with Crippen molar-refractivity contribution in [1.82, 2.24) is 20.2 Å². The predicted octanol–water partition coefficient (Wildman–Crippen LogP) is 2.67. The predicted molar refractivity (Wildman–Crippen MR) is 89.1 cm³/mol. The van der Waals surface area contributed by atoms with Gasteiger partial charge >= 0.3 is 0 Å². The summed E-state index contributed by atoms with van der Waals surface area (Å²) in [5.41, 5.74) is 1.41. The van der Waals surface area contributed by atoms with Gasteiger partial charge in [-0.05, 0) is 46.5 Å². The van der Waals surface area contributed by atoms with Gasteiger partial charge in [-0.25, -0.2) is 0 Å². The Labute approximate surface area is 146 Å². The van der Waals surface area contributed by atoms with Gasteiger partial charge in [0, 0.05) is 24.6 Å². The Hall–Kier alpha value is -2.18. The Morgan fingerprint density at radius 2 is 2.08 bits per heavy atom. The van der Waals surface area contributed by atoms with Crippen LogP contribution >= 0.6 is 0 Å². The standard InChI is InChI=1S/C18H24N4O3/c1-11-14(12(2)24-20-11)9-15(23)22-8-4-7-18(3,10-22)17-19-16(21-25-17)13-5-6-13/h13H,4-10H2,1-3H3. The molecule has 2 aliphatic rings. The monoisotopic (exact) mass is 344 g/mol. The van der Waals surface area contributed by atoms with Crippen molar-refractivity contribution in [3.63, 3.8) is 0 Å². The lowest BCUT2D eigenvalue weighted by molar-refractivity contribution is -0.132. The Kier molecular flexibility index (Phi) is 3.89. The van der Waals surface area contributed by atoms with Gasteiger partial charge in [0.15, 0.2) is 5.82 Å². The zero-order valence-electron chi connectivity index (χ0n) is 15.0. The molecular weight excluding hydrogens is 320 g/mol. The molecule has 0 radical (unpaired) electrons. The van der Waals surface area contributed by atoms with E-state index in [0.717, 1.165) is 55.1 Å². The lowest BCUT2D eigenvalue weighted by Crippen LogP contribution is -2.47. The van der Waals surface area contributed by atoms with E-state index in [-0.39, 0.29) is 11.3 Å². The molecule has 3 heterocycles. The maximum atomic E-state index is 12.8. The van der Waals surface area contributed by atoms with Gasteiger partial charge < -0.3 is 13.9 Å². The quantitative estimate of drug-likeness (QED) is 0.848. The number of nitrogens with zero attached hydrogens (tertiary/aromatic N) is 4. The molecule has 25 heavy (non-hydrogen) atoms. The van der Waals surface area contributed by atoms with Crippen molar-refractivity contribution in [2.24, 2.45) is 0 Å². The molecule has 0 bridgehead atoms. The van der Waals surface area contributed by atoms with Crippen LogP contribution in [0.15, 0.2) is 9.05 Å². The number of carbonyl (C=O) groups is 1. The van der Waals surface area contributed by atoms with Crippen LogP contribution in [0.2, 0.25) is 0 Å². The van der Waals surface area contributed by atoms with Gasteiger partial charge in [0.25, 0.3) is 0 Å². The summed E-state index contributed by atoms with van der Waals surface area (Å²) in [6.07, 6.45) is 4.52. The number of piperidine rings is 1. The number of aryl methyl sites for hydroxylation is 2. The highest BCUT2D eigenvalue weighted by molar-refractivity contribution is 5.79. The molecule has 1 amide bonds. The molecule has 1 aliphatic carbocycles. The number of rotatable bonds is 4. The largest absolute Gasteiger partial charge is 0.361 e. The molecule has 1 unspecified atom stereocenters. The van der Waals surface area contributed by atoms with Crippen molar-refractivity contribution >= 4 is 5.91 Å². The molecule has 2 aromatic heterocycles. The Balaban J connectivity index is 1.48. The van der Waals surface area contributed by atoms with Gasteiger partial charge in [-0.1, -0.05) is 10.3 Å². The molecule has 1 saturated carbocycles. The molecule has 7 heteroatoms. The molecular formula is C18H24N4O3. The fraction of sp³-hybridized carbons (Fsp3) is 0.667. The summed E-state index contributed by atoms with van der Waals surface area (Å²) in [7, 11) is 0. The number of likely N-dealkylation sites (tertiary alicyclic amines) is 1. The fourth-order valence-electron chi connectivity index (χ4n) is 3.63. The van der Waals surface area contributed by atoms with Crippen molar-refractivity contribution in [2.75, 3.05) is 13.1 Å². The summed E-state index contributed by atoms with van der Waals surface area (Å²) in [5.74, 6) is 2.79. The third kappa shape index (κ3) is 3.07. The minimum atomic E-state index is -0.271. The molecule has 0 N–H and O–H groups in total. The van der Waals surface area contributed by atoms with Gasteiger partial charge in [-0.3, -0.25) is 4.79 Å². The van der Waals surface area contributed by atoms with E-state index in [4.69, 9.17) is 9.05 Å². The molecule has 1 aliphatic heterocycles. The minimum absolute atomic E-state index is 0.0993. The summed E-state index contributed by atoms with van der Waals surface area (Å²) in [4.78, 5) is 19.3. The summed E-state index contributed by atoms with van der Waals surface area (Å²) in [6, 6.07) is 0. The van der Waals surface area contributed by atoms with E-state index in [1.807, 2.05) is 18.7 Å². The van der Waals surface area contributed by atoms with Crippen molar-refractivity contribution in [3.05, 3.63) is 28.7 Å². The van der Waals surface area contributed by atoms with Gasteiger partial charge in [0.2, 0.25) is 11.8 Å². The zero-order valence-corrected chi connectivity index (χ0v) is 15.0. The average molecular weight is 344 g/mol. The van der Waals surface area contributed by atoms with Crippen LogP contribution in [0.3, 0.4) is 0 Å². The summed E-state index contributed by atoms with van der Waals surface area (Å²) in [6.45, 7) is 7.22. The van der Waals surface area contributed by atoms with Crippen LogP contribution in [0.4, 0.5) is 0 Å². The Bertz CT molecular complexity index is 773. The third-order valence-electron chi connectivity index (χ3n) is 5.46. The van der Waals surface area contributed by atoms with Crippen molar-refractivity contribution in [2.45, 2.75) is 64.2 Å². The smallest absolute Gasteiger partial charge is 0.234 e. The molecule has 1 saturated heterocycles. The first-order valence-corrected chi connectivity index (χ1v) is 9.00. The van der Waals surface area contributed by atoms with Crippen molar-refractivity contribution < 1.29 is 13.8 Å².